The molecule has 0 bridgehead atoms. The molecule has 1 spiro atoms. The Morgan fingerprint density at radius 1 is 1.25 bits per heavy atom. The molecule has 5 rings (SSSR count). The Morgan fingerprint density at radius 3 is 2.79 bits per heavy atom. The van der Waals surface area contributed by atoms with Gasteiger partial charge in [-0.3, -0.25) is 0 Å². The van der Waals surface area contributed by atoms with Gasteiger partial charge in [0, 0.05) is 37.8 Å². The second-order valence-corrected chi connectivity index (χ2v) is 8.37. The Kier molecular flexibility index (Phi) is 4.50. The van der Waals surface area contributed by atoms with Crippen LogP contribution in [0.5, 0.6) is 0 Å². The first kappa shape index (κ1) is 17.9. The van der Waals surface area contributed by atoms with Crippen LogP contribution in [-0.2, 0) is 16.1 Å². The van der Waals surface area contributed by atoms with Gasteiger partial charge in [-0.05, 0) is 52.4 Å². The third-order valence-corrected chi connectivity index (χ3v) is 6.48. The minimum Gasteiger partial charge on any atom is -0.389 e. The van der Waals surface area contributed by atoms with Crippen molar-refractivity contribution in [3.05, 3.63) is 17.5 Å². The zero-order valence-corrected chi connectivity index (χ0v) is 16.8. The van der Waals surface area contributed by atoms with Crippen molar-refractivity contribution in [2.75, 3.05) is 18.5 Å². The van der Waals surface area contributed by atoms with Crippen LogP contribution >= 0.6 is 0 Å². The fraction of sp³-hybridized carbons (Fsp3) is 0.667. The third kappa shape index (κ3) is 2.96. The van der Waals surface area contributed by atoms with Crippen LogP contribution in [0.15, 0.2) is 11.4 Å². The topological polar surface area (TPSA) is 73.6 Å². The van der Waals surface area contributed by atoms with Crippen molar-refractivity contribution in [1.82, 2.24) is 14.8 Å². The highest BCUT2D eigenvalue weighted by Crippen LogP contribution is 2.43. The first-order chi connectivity index (χ1) is 13.7. The van der Waals surface area contributed by atoms with E-state index in [1.54, 1.807) is 0 Å². The van der Waals surface area contributed by atoms with E-state index in [0.717, 1.165) is 85.6 Å². The summed E-state index contributed by atoms with van der Waals surface area (Å²) >= 11 is 0. The molecule has 2 aromatic heterocycles. The SMILES string of the molecule is CCn1ncc2c(NC3CCOCC3)c(C3=NOC4(CCCC4)C3)c(C)nc21. The van der Waals surface area contributed by atoms with Crippen LogP contribution in [0, 0.1) is 6.92 Å². The predicted molar refractivity (Wildman–Crippen MR) is 109 cm³/mol. The minimum atomic E-state index is -0.0831. The minimum absolute atomic E-state index is 0.0831. The second kappa shape index (κ2) is 7.03. The molecule has 0 unspecified atom stereocenters. The fourth-order valence-electron chi connectivity index (χ4n) is 4.93. The highest BCUT2D eigenvalue weighted by molar-refractivity contribution is 6.11. The molecule has 0 atom stereocenters. The van der Waals surface area contributed by atoms with Crippen LogP contribution in [0.1, 0.15) is 63.1 Å². The van der Waals surface area contributed by atoms with Gasteiger partial charge in [-0.25, -0.2) is 9.67 Å². The summed E-state index contributed by atoms with van der Waals surface area (Å²) in [4.78, 5) is 10.9. The van der Waals surface area contributed by atoms with Gasteiger partial charge in [0.1, 0.15) is 5.60 Å². The maximum Gasteiger partial charge on any atom is 0.160 e. The van der Waals surface area contributed by atoms with Crippen LogP contribution in [0.25, 0.3) is 11.0 Å². The molecule has 7 nitrogen and oxygen atoms in total. The van der Waals surface area contributed by atoms with E-state index in [4.69, 9.17) is 14.6 Å². The first-order valence-corrected chi connectivity index (χ1v) is 10.6. The van der Waals surface area contributed by atoms with Gasteiger partial charge in [-0.2, -0.15) is 5.10 Å². The molecular weight excluding hydrogens is 354 g/mol. The van der Waals surface area contributed by atoms with Crippen LogP contribution in [0.4, 0.5) is 5.69 Å². The highest BCUT2D eigenvalue weighted by Gasteiger charge is 2.43. The highest BCUT2D eigenvalue weighted by atomic mass is 16.7. The molecule has 7 heteroatoms. The maximum atomic E-state index is 6.00. The van der Waals surface area contributed by atoms with E-state index < -0.39 is 0 Å². The molecule has 1 saturated heterocycles. The van der Waals surface area contributed by atoms with E-state index in [-0.39, 0.29) is 5.60 Å². The van der Waals surface area contributed by atoms with E-state index in [2.05, 4.69) is 29.4 Å². The molecule has 28 heavy (non-hydrogen) atoms. The van der Waals surface area contributed by atoms with Gasteiger partial charge in [-0.1, -0.05) is 5.16 Å². The van der Waals surface area contributed by atoms with Crippen molar-refractivity contribution in [2.24, 2.45) is 5.16 Å². The average Bonchev–Trinajstić information content (AvgIpc) is 3.43. The first-order valence-electron chi connectivity index (χ1n) is 10.6. The summed E-state index contributed by atoms with van der Waals surface area (Å²) in [5.41, 5.74) is 5.11. The summed E-state index contributed by atoms with van der Waals surface area (Å²) in [5.74, 6) is 0. The van der Waals surface area contributed by atoms with Crippen LogP contribution in [0.3, 0.4) is 0 Å². The Labute approximate surface area is 165 Å². The summed E-state index contributed by atoms with van der Waals surface area (Å²) < 4.78 is 7.52. The molecule has 3 aliphatic rings. The van der Waals surface area contributed by atoms with Crippen LogP contribution < -0.4 is 5.32 Å². The predicted octanol–water partition coefficient (Wildman–Crippen LogP) is 3.79. The van der Waals surface area contributed by atoms with Gasteiger partial charge in [0.15, 0.2) is 5.65 Å². The molecule has 1 aliphatic carbocycles. The number of aryl methyl sites for hydroxylation is 2. The Morgan fingerprint density at radius 2 is 2.04 bits per heavy atom. The molecule has 2 aliphatic heterocycles. The number of fused-ring (bicyclic) bond motifs is 1. The standard InChI is InChI=1S/C21H29N5O2/c1-3-26-20-16(13-22-26)19(24-15-6-10-27-11-7-15)18(14(2)23-20)17-12-21(28-25-17)8-4-5-9-21/h13,15H,3-12H2,1-2H3,(H,23,24). The molecule has 4 heterocycles. The molecular formula is C21H29N5O2. The van der Waals surface area contributed by atoms with Gasteiger partial charge in [0.2, 0.25) is 0 Å². The number of ether oxygens (including phenoxy) is 1. The molecule has 1 saturated carbocycles. The number of nitrogens with one attached hydrogen (secondary N) is 1. The van der Waals surface area contributed by atoms with Gasteiger partial charge in [0.25, 0.3) is 0 Å². The van der Waals surface area contributed by atoms with Crippen molar-refractivity contribution in [1.29, 1.82) is 0 Å². The van der Waals surface area contributed by atoms with Crippen molar-refractivity contribution in [3.8, 4) is 0 Å². The van der Waals surface area contributed by atoms with E-state index in [9.17, 15) is 0 Å². The van der Waals surface area contributed by atoms with E-state index in [0.29, 0.717) is 6.04 Å². The normalized spacial score (nSPS) is 22.0. The Bertz CT molecular complexity index is 907. The molecule has 150 valence electrons. The second-order valence-electron chi connectivity index (χ2n) is 8.37. The lowest BCUT2D eigenvalue weighted by molar-refractivity contribution is -0.0126. The third-order valence-electron chi connectivity index (χ3n) is 6.48. The van der Waals surface area contributed by atoms with Crippen molar-refractivity contribution < 1.29 is 9.57 Å². The number of hydrogen-bond donors (Lipinski definition) is 1. The average molecular weight is 383 g/mol. The van der Waals surface area contributed by atoms with Gasteiger partial charge >= 0.3 is 0 Å². The summed E-state index contributed by atoms with van der Waals surface area (Å²) in [7, 11) is 0. The zero-order chi connectivity index (χ0) is 19.1. The Hall–Kier alpha value is -2.15. The Balaban J connectivity index is 1.58. The lowest BCUT2D eigenvalue weighted by Crippen LogP contribution is -2.29. The van der Waals surface area contributed by atoms with Crippen molar-refractivity contribution in [3.63, 3.8) is 0 Å². The number of anilines is 1. The van der Waals surface area contributed by atoms with Crippen molar-refractivity contribution in [2.45, 2.75) is 77.0 Å². The largest absolute Gasteiger partial charge is 0.389 e. The number of oxime groups is 1. The van der Waals surface area contributed by atoms with Gasteiger partial charge < -0.3 is 14.9 Å². The van der Waals surface area contributed by atoms with E-state index in [1.807, 2.05) is 10.9 Å². The number of nitrogens with zero attached hydrogens (tertiary/aromatic N) is 4. The number of pyridine rings is 1. The number of aromatic nitrogens is 3. The molecule has 2 aromatic rings. The number of rotatable bonds is 4. The molecule has 0 radical (unpaired) electrons. The van der Waals surface area contributed by atoms with E-state index >= 15 is 0 Å². The van der Waals surface area contributed by atoms with Crippen molar-refractivity contribution >= 4 is 22.4 Å². The molecule has 1 N–H and O–H groups in total. The smallest absolute Gasteiger partial charge is 0.160 e. The summed E-state index contributed by atoms with van der Waals surface area (Å²) in [6.07, 6.45) is 9.51. The lowest BCUT2D eigenvalue weighted by Gasteiger charge is -2.26. The zero-order valence-electron chi connectivity index (χ0n) is 16.8. The lowest BCUT2D eigenvalue weighted by atomic mass is 9.91. The van der Waals surface area contributed by atoms with E-state index in [1.165, 1.54) is 12.8 Å². The van der Waals surface area contributed by atoms with Crippen LogP contribution in [-0.4, -0.2) is 45.3 Å². The monoisotopic (exact) mass is 383 g/mol. The quantitative estimate of drug-likeness (QED) is 0.870. The molecule has 0 amide bonds. The summed E-state index contributed by atoms with van der Waals surface area (Å²) in [5, 5.41) is 14.0. The summed E-state index contributed by atoms with van der Waals surface area (Å²) in [6.45, 7) is 6.60. The fourth-order valence-corrected chi connectivity index (χ4v) is 4.93. The molecule has 2 fully saturated rings. The molecule has 0 aromatic carbocycles. The van der Waals surface area contributed by atoms with Crippen LogP contribution in [0.2, 0.25) is 0 Å². The number of hydrogen-bond acceptors (Lipinski definition) is 6. The maximum absolute atomic E-state index is 6.00. The summed E-state index contributed by atoms with van der Waals surface area (Å²) in [6, 6.07) is 0.394. The van der Waals surface area contributed by atoms with Gasteiger partial charge in [-0.15, -0.1) is 0 Å². The van der Waals surface area contributed by atoms with Gasteiger partial charge in [0.05, 0.1) is 28.7 Å².